The number of para-hydroxylation sites is 1. The molecule has 18 heavy (non-hydrogen) atoms. The van der Waals surface area contributed by atoms with Gasteiger partial charge in [0.25, 0.3) is 0 Å². The normalized spacial score (nSPS) is 15.7. The number of nitrogens with one attached hydrogen (secondary N) is 2. The van der Waals surface area contributed by atoms with E-state index in [9.17, 15) is 13.2 Å². The molecule has 2 heterocycles. The second kappa shape index (κ2) is 3.91. The lowest BCUT2D eigenvalue weighted by Gasteiger charge is -2.12. The fourth-order valence-electron chi connectivity index (χ4n) is 2.35. The van der Waals surface area contributed by atoms with Crippen LogP contribution in [-0.2, 0) is 13.0 Å². The average Bonchev–Trinajstić information content (AvgIpc) is 2.67. The third-order valence-electron chi connectivity index (χ3n) is 3.07. The predicted octanol–water partition coefficient (Wildman–Crippen LogP) is 2.71. The van der Waals surface area contributed by atoms with E-state index in [4.69, 9.17) is 0 Å². The number of hydrogen-bond donors (Lipinski definition) is 2. The van der Waals surface area contributed by atoms with Crippen molar-refractivity contribution < 1.29 is 17.9 Å². The van der Waals surface area contributed by atoms with Crippen LogP contribution >= 0.6 is 0 Å². The van der Waals surface area contributed by atoms with Crippen molar-refractivity contribution in [1.82, 2.24) is 10.3 Å². The van der Waals surface area contributed by atoms with Crippen molar-refractivity contribution >= 4 is 10.9 Å². The van der Waals surface area contributed by atoms with E-state index in [1.165, 1.54) is 6.07 Å². The zero-order chi connectivity index (χ0) is 12.8. The van der Waals surface area contributed by atoms with Gasteiger partial charge in [0, 0.05) is 30.6 Å². The lowest BCUT2D eigenvalue weighted by atomic mass is 10.1. The summed E-state index contributed by atoms with van der Waals surface area (Å²) < 4.78 is 41.0. The molecule has 0 spiro atoms. The van der Waals surface area contributed by atoms with Crippen LogP contribution in [0.4, 0.5) is 13.2 Å². The molecule has 0 radical (unpaired) electrons. The summed E-state index contributed by atoms with van der Waals surface area (Å²) in [4.78, 5) is 3.04. The molecule has 0 aliphatic carbocycles. The zero-order valence-electron chi connectivity index (χ0n) is 9.40. The highest BCUT2D eigenvalue weighted by atomic mass is 19.4. The number of benzene rings is 1. The number of aromatic nitrogens is 1. The standard InChI is InChI=1S/C12H11F3N2O/c13-12(14,15)18-10-3-1-2-7-8-6-16-5-4-9(8)17-11(7)10/h1-3,16-17H,4-6H2. The molecule has 0 bridgehead atoms. The first kappa shape index (κ1) is 11.4. The van der Waals surface area contributed by atoms with Crippen LogP contribution in [0.15, 0.2) is 18.2 Å². The van der Waals surface area contributed by atoms with E-state index in [1.807, 2.05) is 0 Å². The van der Waals surface area contributed by atoms with Crippen molar-refractivity contribution in [3.63, 3.8) is 0 Å². The molecule has 0 unspecified atom stereocenters. The summed E-state index contributed by atoms with van der Waals surface area (Å²) in [5.41, 5.74) is 2.44. The van der Waals surface area contributed by atoms with E-state index in [2.05, 4.69) is 15.0 Å². The van der Waals surface area contributed by atoms with E-state index in [1.54, 1.807) is 12.1 Å². The Morgan fingerprint density at radius 1 is 1.22 bits per heavy atom. The van der Waals surface area contributed by atoms with Crippen LogP contribution < -0.4 is 10.1 Å². The Hall–Kier alpha value is -1.69. The Kier molecular flexibility index (Phi) is 2.48. The summed E-state index contributed by atoms with van der Waals surface area (Å²) in [6.07, 6.45) is -3.88. The molecular weight excluding hydrogens is 245 g/mol. The van der Waals surface area contributed by atoms with Crippen LogP contribution in [0.25, 0.3) is 10.9 Å². The summed E-state index contributed by atoms with van der Waals surface area (Å²) in [5.74, 6) is -0.172. The fraction of sp³-hybridized carbons (Fsp3) is 0.333. The average molecular weight is 256 g/mol. The number of halogens is 3. The van der Waals surface area contributed by atoms with Gasteiger partial charge in [-0.05, 0) is 11.6 Å². The molecule has 1 aliphatic heterocycles. The lowest BCUT2D eigenvalue weighted by Crippen LogP contribution is -2.22. The molecule has 2 N–H and O–H groups in total. The van der Waals surface area contributed by atoms with E-state index >= 15 is 0 Å². The minimum atomic E-state index is -4.67. The van der Waals surface area contributed by atoms with Gasteiger partial charge in [-0.15, -0.1) is 13.2 Å². The molecule has 6 heteroatoms. The van der Waals surface area contributed by atoms with Crippen LogP contribution in [0, 0.1) is 0 Å². The van der Waals surface area contributed by atoms with Gasteiger partial charge in [0.1, 0.15) is 0 Å². The van der Waals surface area contributed by atoms with Gasteiger partial charge in [0.15, 0.2) is 5.75 Å². The summed E-state index contributed by atoms with van der Waals surface area (Å²) >= 11 is 0. The van der Waals surface area contributed by atoms with Gasteiger partial charge in [-0.2, -0.15) is 0 Å². The number of fused-ring (bicyclic) bond motifs is 3. The van der Waals surface area contributed by atoms with Crippen LogP contribution in [0.1, 0.15) is 11.3 Å². The molecule has 2 aromatic rings. The third-order valence-corrected chi connectivity index (χ3v) is 3.07. The first-order valence-electron chi connectivity index (χ1n) is 5.63. The van der Waals surface area contributed by atoms with E-state index < -0.39 is 6.36 Å². The molecule has 0 amide bonds. The molecule has 3 rings (SSSR count). The van der Waals surface area contributed by atoms with Crippen molar-refractivity contribution in [2.75, 3.05) is 6.54 Å². The van der Waals surface area contributed by atoms with Crippen LogP contribution in [0.5, 0.6) is 5.75 Å². The summed E-state index contributed by atoms with van der Waals surface area (Å²) in [7, 11) is 0. The predicted molar refractivity (Wildman–Crippen MR) is 60.4 cm³/mol. The molecule has 1 aromatic carbocycles. The molecule has 96 valence electrons. The van der Waals surface area contributed by atoms with Gasteiger partial charge in [-0.25, -0.2) is 0 Å². The first-order valence-corrected chi connectivity index (χ1v) is 5.63. The molecule has 1 aromatic heterocycles. The molecule has 1 aliphatic rings. The van der Waals surface area contributed by atoms with E-state index in [-0.39, 0.29) is 5.75 Å². The summed E-state index contributed by atoms with van der Waals surface area (Å²) in [6, 6.07) is 4.71. The number of hydrogen-bond acceptors (Lipinski definition) is 2. The fourth-order valence-corrected chi connectivity index (χ4v) is 2.35. The Morgan fingerprint density at radius 3 is 2.83 bits per heavy atom. The highest BCUT2D eigenvalue weighted by Crippen LogP contribution is 2.33. The Bertz CT molecular complexity index is 589. The van der Waals surface area contributed by atoms with Gasteiger partial charge < -0.3 is 15.0 Å². The van der Waals surface area contributed by atoms with Crippen molar-refractivity contribution in [2.45, 2.75) is 19.3 Å². The zero-order valence-corrected chi connectivity index (χ0v) is 9.40. The largest absolute Gasteiger partial charge is 0.573 e. The van der Waals surface area contributed by atoms with Gasteiger partial charge >= 0.3 is 6.36 Å². The number of alkyl halides is 3. The van der Waals surface area contributed by atoms with E-state index in [0.29, 0.717) is 12.1 Å². The number of H-pyrrole nitrogens is 1. The smallest absolute Gasteiger partial charge is 0.404 e. The van der Waals surface area contributed by atoms with Crippen LogP contribution in [0.3, 0.4) is 0 Å². The Morgan fingerprint density at radius 2 is 2.06 bits per heavy atom. The highest BCUT2D eigenvalue weighted by molar-refractivity contribution is 5.89. The highest BCUT2D eigenvalue weighted by Gasteiger charge is 2.32. The van der Waals surface area contributed by atoms with Crippen molar-refractivity contribution in [3.05, 3.63) is 29.5 Å². The third kappa shape index (κ3) is 1.92. The molecule has 0 fully saturated rings. The van der Waals surface area contributed by atoms with Crippen molar-refractivity contribution in [1.29, 1.82) is 0 Å². The summed E-state index contributed by atoms with van der Waals surface area (Å²) in [6.45, 7) is 1.50. The quantitative estimate of drug-likeness (QED) is 0.823. The second-order valence-corrected chi connectivity index (χ2v) is 4.24. The minimum Gasteiger partial charge on any atom is -0.404 e. The van der Waals surface area contributed by atoms with Gasteiger partial charge in [0.05, 0.1) is 5.52 Å². The Labute approximate surface area is 101 Å². The molecule has 3 nitrogen and oxygen atoms in total. The molecule has 0 saturated heterocycles. The maximum Gasteiger partial charge on any atom is 0.573 e. The summed E-state index contributed by atoms with van der Waals surface area (Å²) in [5, 5.41) is 3.99. The van der Waals surface area contributed by atoms with Crippen molar-refractivity contribution in [2.24, 2.45) is 0 Å². The molecule has 0 atom stereocenters. The van der Waals surface area contributed by atoms with Gasteiger partial charge in [0.2, 0.25) is 0 Å². The lowest BCUT2D eigenvalue weighted by molar-refractivity contribution is -0.274. The molecule has 0 saturated carbocycles. The van der Waals surface area contributed by atoms with Crippen molar-refractivity contribution in [3.8, 4) is 5.75 Å². The van der Waals surface area contributed by atoms with Crippen LogP contribution in [-0.4, -0.2) is 17.9 Å². The number of ether oxygens (including phenoxy) is 1. The SMILES string of the molecule is FC(F)(F)Oc1cccc2c3c([nH]c12)CCNC3. The molecular formula is C12H11F3N2O. The maximum absolute atomic E-state index is 12.3. The number of aromatic amines is 1. The second-order valence-electron chi connectivity index (χ2n) is 4.24. The monoisotopic (exact) mass is 256 g/mol. The number of rotatable bonds is 1. The van der Waals surface area contributed by atoms with E-state index in [0.717, 1.165) is 29.6 Å². The first-order chi connectivity index (χ1) is 8.54. The van der Waals surface area contributed by atoms with Gasteiger partial charge in [-0.3, -0.25) is 0 Å². The minimum absolute atomic E-state index is 0.172. The topological polar surface area (TPSA) is 37.0 Å². The maximum atomic E-state index is 12.3. The van der Waals surface area contributed by atoms with Gasteiger partial charge in [-0.1, -0.05) is 12.1 Å². The van der Waals surface area contributed by atoms with Crippen LogP contribution in [0.2, 0.25) is 0 Å². The Balaban J connectivity index is 2.13.